The van der Waals surface area contributed by atoms with E-state index in [9.17, 15) is 0 Å². The molecule has 0 saturated heterocycles. The number of hydrogen-bond donors (Lipinski definition) is 1. The van der Waals surface area contributed by atoms with Crippen LogP contribution in [-0.2, 0) is 0 Å². The highest BCUT2D eigenvalue weighted by molar-refractivity contribution is 9.10. The van der Waals surface area contributed by atoms with Crippen molar-refractivity contribution in [2.24, 2.45) is 0 Å². The van der Waals surface area contributed by atoms with Crippen LogP contribution in [0, 0.1) is 11.3 Å². The Morgan fingerprint density at radius 3 is 3.08 bits per heavy atom. The van der Waals surface area contributed by atoms with Crippen LogP contribution in [0.3, 0.4) is 0 Å². The van der Waals surface area contributed by atoms with E-state index in [0.717, 1.165) is 5.39 Å². The van der Waals surface area contributed by atoms with Gasteiger partial charge in [0.05, 0.1) is 10.7 Å². The van der Waals surface area contributed by atoms with Gasteiger partial charge in [0.1, 0.15) is 11.9 Å². The second-order valence-electron chi connectivity index (χ2n) is 2.46. The Bertz CT molecular complexity index is 512. The standard InChI is InChI=1S/C8H4BrN3O/c9-7-5-1-4(2-10)13-6(5)3-12-8(7)11/h1,3H,(H2,11,12). The van der Waals surface area contributed by atoms with Gasteiger partial charge < -0.3 is 10.2 Å². The first kappa shape index (κ1) is 8.08. The molecule has 0 bridgehead atoms. The summed E-state index contributed by atoms with van der Waals surface area (Å²) in [6, 6.07) is 3.53. The molecular weight excluding hydrogens is 234 g/mol. The summed E-state index contributed by atoms with van der Waals surface area (Å²) in [5, 5.41) is 9.36. The van der Waals surface area contributed by atoms with Gasteiger partial charge in [-0.1, -0.05) is 0 Å². The van der Waals surface area contributed by atoms with Crippen LogP contribution in [0.2, 0.25) is 0 Å². The molecule has 0 fully saturated rings. The number of hydrogen-bond acceptors (Lipinski definition) is 4. The minimum Gasteiger partial charge on any atom is -0.444 e. The summed E-state index contributed by atoms with van der Waals surface area (Å²) in [6.07, 6.45) is 1.50. The summed E-state index contributed by atoms with van der Waals surface area (Å²) in [5.41, 5.74) is 6.11. The second kappa shape index (κ2) is 2.75. The molecule has 0 unspecified atom stereocenters. The number of nitriles is 1. The molecule has 5 heteroatoms. The van der Waals surface area contributed by atoms with Gasteiger partial charge >= 0.3 is 0 Å². The van der Waals surface area contributed by atoms with E-state index >= 15 is 0 Å². The van der Waals surface area contributed by atoms with Gasteiger partial charge in [-0.05, 0) is 15.9 Å². The van der Waals surface area contributed by atoms with Crippen LogP contribution in [0.15, 0.2) is 21.2 Å². The number of nitrogens with two attached hydrogens (primary N) is 1. The Labute approximate surface area is 82.1 Å². The van der Waals surface area contributed by atoms with Crippen molar-refractivity contribution in [2.45, 2.75) is 0 Å². The predicted molar refractivity (Wildman–Crippen MR) is 50.8 cm³/mol. The Kier molecular flexibility index (Phi) is 1.71. The van der Waals surface area contributed by atoms with Gasteiger partial charge in [0.2, 0.25) is 5.76 Å². The highest BCUT2D eigenvalue weighted by atomic mass is 79.9. The lowest BCUT2D eigenvalue weighted by Gasteiger charge is -1.95. The number of pyridine rings is 1. The molecule has 0 aromatic carbocycles. The van der Waals surface area contributed by atoms with Crippen molar-refractivity contribution < 1.29 is 4.42 Å². The van der Waals surface area contributed by atoms with Gasteiger partial charge in [0.15, 0.2) is 5.58 Å². The van der Waals surface area contributed by atoms with Crippen molar-refractivity contribution in [3.05, 3.63) is 22.5 Å². The number of rotatable bonds is 0. The molecule has 0 radical (unpaired) electrons. The lowest BCUT2D eigenvalue weighted by Crippen LogP contribution is -1.89. The molecule has 0 aliphatic carbocycles. The molecule has 0 aliphatic heterocycles. The van der Waals surface area contributed by atoms with Crippen molar-refractivity contribution >= 4 is 32.7 Å². The van der Waals surface area contributed by atoms with Crippen LogP contribution >= 0.6 is 15.9 Å². The Balaban J connectivity index is 2.86. The SMILES string of the molecule is N#Cc1cc2c(Br)c(N)ncc2o1. The quantitative estimate of drug-likeness (QED) is 0.761. The van der Waals surface area contributed by atoms with E-state index in [1.54, 1.807) is 6.07 Å². The van der Waals surface area contributed by atoms with E-state index in [2.05, 4.69) is 20.9 Å². The molecular formula is C8H4BrN3O. The average molecular weight is 238 g/mol. The minimum atomic E-state index is 0.253. The summed E-state index contributed by atoms with van der Waals surface area (Å²) in [4.78, 5) is 3.88. The smallest absolute Gasteiger partial charge is 0.204 e. The van der Waals surface area contributed by atoms with Crippen molar-refractivity contribution in [3.63, 3.8) is 0 Å². The number of halogens is 1. The van der Waals surface area contributed by atoms with E-state index in [-0.39, 0.29) is 5.76 Å². The molecule has 2 rings (SSSR count). The molecule has 0 saturated carbocycles. The van der Waals surface area contributed by atoms with Gasteiger partial charge in [-0.25, -0.2) is 4.98 Å². The zero-order valence-corrected chi connectivity index (χ0v) is 8.00. The number of anilines is 1. The number of aromatic nitrogens is 1. The van der Waals surface area contributed by atoms with Gasteiger partial charge in [-0.15, -0.1) is 0 Å². The maximum Gasteiger partial charge on any atom is 0.204 e. The number of furan rings is 1. The maximum absolute atomic E-state index is 8.59. The van der Waals surface area contributed by atoms with Crippen LogP contribution in [0.25, 0.3) is 11.0 Å². The molecule has 2 heterocycles. The van der Waals surface area contributed by atoms with Crippen molar-refractivity contribution in [1.82, 2.24) is 4.98 Å². The van der Waals surface area contributed by atoms with E-state index in [4.69, 9.17) is 15.4 Å². The van der Waals surface area contributed by atoms with Crippen LogP contribution in [0.4, 0.5) is 5.82 Å². The lowest BCUT2D eigenvalue weighted by molar-refractivity contribution is 0.598. The van der Waals surface area contributed by atoms with Crippen molar-refractivity contribution in [3.8, 4) is 6.07 Å². The molecule has 0 spiro atoms. The Hall–Kier alpha value is -1.54. The lowest BCUT2D eigenvalue weighted by atomic mass is 10.3. The molecule has 13 heavy (non-hydrogen) atoms. The van der Waals surface area contributed by atoms with Gasteiger partial charge in [-0.3, -0.25) is 0 Å². The number of fused-ring (bicyclic) bond motifs is 1. The number of nitrogens with zero attached hydrogens (tertiary/aromatic N) is 2. The number of nitrogen functional groups attached to an aromatic ring is 1. The molecule has 64 valence electrons. The highest BCUT2D eigenvalue weighted by Gasteiger charge is 2.08. The molecule has 0 atom stereocenters. The first-order valence-electron chi connectivity index (χ1n) is 3.46. The normalized spacial score (nSPS) is 10.2. The van der Waals surface area contributed by atoms with Gasteiger partial charge in [0, 0.05) is 11.5 Å². The fourth-order valence-electron chi connectivity index (χ4n) is 1.05. The van der Waals surface area contributed by atoms with E-state index in [1.165, 1.54) is 6.20 Å². The summed E-state index contributed by atoms with van der Waals surface area (Å²) in [5.74, 6) is 0.640. The summed E-state index contributed by atoms with van der Waals surface area (Å²) >= 11 is 3.27. The molecule has 2 aromatic rings. The third kappa shape index (κ3) is 1.15. The van der Waals surface area contributed by atoms with Crippen LogP contribution in [-0.4, -0.2) is 4.98 Å². The van der Waals surface area contributed by atoms with Crippen molar-refractivity contribution in [1.29, 1.82) is 5.26 Å². The zero-order valence-electron chi connectivity index (χ0n) is 6.41. The van der Waals surface area contributed by atoms with Crippen LogP contribution < -0.4 is 5.73 Å². The van der Waals surface area contributed by atoms with E-state index < -0.39 is 0 Å². The molecule has 2 N–H and O–H groups in total. The fourth-order valence-corrected chi connectivity index (χ4v) is 1.46. The molecule has 0 amide bonds. The Morgan fingerprint density at radius 2 is 2.38 bits per heavy atom. The Morgan fingerprint density at radius 1 is 1.62 bits per heavy atom. The fraction of sp³-hybridized carbons (Fsp3) is 0. The monoisotopic (exact) mass is 237 g/mol. The summed E-state index contributed by atoms with van der Waals surface area (Å²) < 4.78 is 5.81. The third-order valence-corrected chi connectivity index (χ3v) is 2.49. The van der Waals surface area contributed by atoms with E-state index in [1.807, 2.05) is 6.07 Å². The highest BCUT2D eigenvalue weighted by Crippen LogP contribution is 2.29. The minimum absolute atomic E-state index is 0.253. The summed E-state index contributed by atoms with van der Waals surface area (Å²) in [7, 11) is 0. The topological polar surface area (TPSA) is 75.8 Å². The summed E-state index contributed by atoms with van der Waals surface area (Å²) in [6.45, 7) is 0. The van der Waals surface area contributed by atoms with Crippen molar-refractivity contribution in [2.75, 3.05) is 5.73 Å². The van der Waals surface area contributed by atoms with Crippen LogP contribution in [0.1, 0.15) is 5.76 Å². The largest absolute Gasteiger partial charge is 0.444 e. The molecule has 2 aromatic heterocycles. The van der Waals surface area contributed by atoms with Gasteiger partial charge in [0.25, 0.3) is 0 Å². The third-order valence-electron chi connectivity index (χ3n) is 1.65. The molecule has 4 nitrogen and oxygen atoms in total. The second-order valence-corrected chi connectivity index (χ2v) is 3.25. The average Bonchev–Trinajstić information content (AvgIpc) is 2.55. The first-order chi connectivity index (χ1) is 6.22. The van der Waals surface area contributed by atoms with Crippen LogP contribution in [0.5, 0.6) is 0 Å². The zero-order chi connectivity index (χ0) is 9.42. The van der Waals surface area contributed by atoms with E-state index in [0.29, 0.717) is 15.9 Å². The predicted octanol–water partition coefficient (Wildman–Crippen LogP) is 2.04. The molecule has 0 aliphatic rings. The first-order valence-corrected chi connectivity index (χ1v) is 4.25. The maximum atomic E-state index is 8.59. The van der Waals surface area contributed by atoms with Gasteiger partial charge in [-0.2, -0.15) is 5.26 Å².